The Hall–Kier alpha value is -1.62. The van der Waals surface area contributed by atoms with Gasteiger partial charge in [0.15, 0.2) is 5.96 Å². The lowest BCUT2D eigenvalue weighted by molar-refractivity contribution is -0.384. The van der Waals surface area contributed by atoms with Gasteiger partial charge < -0.3 is 20.7 Å². The average Bonchev–Trinajstić information content (AvgIpc) is 2.57. The van der Waals surface area contributed by atoms with Gasteiger partial charge in [-0.1, -0.05) is 0 Å². The maximum absolute atomic E-state index is 10.6. The Morgan fingerprint density at radius 3 is 2.46 bits per heavy atom. The largest absolute Gasteiger partial charge is 0.383 e. The highest BCUT2D eigenvalue weighted by molar-refractivity contribution is 14.0. The van der Waals surface area contributed by atoms with Crippen molar-refractivity contribution in [3.63, 3.8) is 0 Å². The van der Waals surface area contributed by atoms with Crippen LogP contribution in [0.5, 0.6) is 0 Å². The van der Waals surface area contributed by atoms with Crippen molar-refractivity contribution in [2.24, 2.45) is 4.99 Å². The Morgan fingerprint density at radius 2 is 1.88 bits per heavy atom. The molecular formula is C15H26IN5O3. The van der Waals surface area contributed by atoms with Gasteiger partial charge in [-0.2, -0.15) is 0 Å². The SMILES string of the molecule is CCOCCCNC(=NC)NCCNc1ccc([N+](=O)[O-])cc1.I. The third-order valence-electron chi connectivity index (χ3n) is 3.01. The van der Waals surface area contributed by atoms with E-state index in [1.165, 1.54) is 12.1 Å². The first kappa shape index (κ1) is 22.4. The Kier molecular flexibility index (Phi) is 12.9. The van der Waals surface area contributed by atoms with E-state index in [2.05, 4.69) is 20.9 Å². The molecule has 0 bridgehead atoms. The van der Waals surface area contributed by atoms with Crippen LogP contribution in [0.1, 0.15) is 13.3 Å². The molecule has 0 aromatic heterocycles. The molecule has 0 heterocycles. The molecule has 0 saturated heterocycles. The monoisotopic (exact) mass is 451 g/mol. The quantitative estimate of drug-likeness (QED) is 0.126. The summed E-state index contributed by atoms with van der Waals surface area (Å²) in [5.41, 5.74) is 0.933. The fraction of sp³-hybridized carbons (Fsp3) is 0.533. The number of halogens is 1. The van der Waals surface area contributed by atoms with E-state index in [1.54, 1.807) is 19.2 Å². The fourth-order valence-corrected chi connectivity index (χ4v) is 1.83. The minimum Gasteiger partial charge on any atom is -0.383 e. The molecule has 0 radical (unpaired) electrons. The van der Waals surface area contributed by atoms with E-state index in [-0.39, 0.29) is 29.7 Å². The Bertz CT molecular complexity index is 496. The maximum atomic E-state index is 10.6. The van der Waals surface area contributed by atoms with Crippen LogP contribution in [0.15, 0.2) is 29.3 Å². The van der Waals surface area contributed by atoms with E-state index < -0.39 is 4.92 Å². The molecule has 0 unspecified atom stereocenters. The molecule has 0 fully saturated rings. The minimum atomic E-state index is -0.410. The fourth-order valence-electron chi connectivity index (χ4n) is 1.83. The summed E-state index contributed by atoms with van der Waals surface area (Å²) in [7, 11) is 1.72. The molecule has 1 rings (SSSR count). The summed E-state index contributed by atoms with van der Waals surface area (Å²) in [6, 6.07) is 6.35. The summed E-state index contributed by atoms with van der Waals surface area (Å²) >= 11 is 0. The van der Waals surface area contributed by atoms with Crippen molar-refractivity contribution in [2.75, 3.05) is 45.2 Å². The Balaban J connectivity index is 0.00000529. The normalized spacial score (nSPS) is 10.7. The van der Waals surface area contributed by atoms with E-state index in [0.29, 0.717) is 13.1 Å². The number of ether oxygens (including phenoxy) is 1. The second-order valence-corrected chi connectivity index (χ2v) is 4.71. The number of hydrogen-bond acceptors (Lipinski definition) is 5. The molecule has 24 heavy (non-hydrogen) atoms. The number of rotatable bonds is 10. The molecule has 1 aromatic carbocycles. The summed E-state index contributed by atoms with van der Waals surface area (Å²) in [5, 5.41) is 20.1. The van der Waals surface area contributed by atoms with Gasteiger partial charge in [-0.15, -0.1) is 24.0 Å². The van der Waals surface area contributed by atoms with Crippen LogP contribution in [0.25, 0.3) is 0 Å². The topological polar surface area (TPSA) is 101 Å². The molecule has 8 nitrogen and oxygen atoms in total. The molecule has 3 N–H and O–H groups in total. The second kappa shape index (κ2) is 13.8. The zero-order valence-electron chi connectivity index (χ0n) is 14.1. The lowest BCUT2D eigenvalue weighted by Gasteiger charge is -2.12. The molecule has 0 spiro atoms. The summed E-state index contributed by atoms with van der Waals surface area (Å²) in [6.45, 7) is 5.62. The van der Waals surface area contributed by atoms with Crippen LogP contribution in [-0.4, -0.2) is 50.8 Å². The predicted octanol–water partition coefficient (Wildman–Crippen LogP) is 2.22. The summed E-state index contributed by atoms with van der Waals surface area (Å²) in [4.78, 5) is 14.3. The predicted molar refractivity (Wildman–Crippen MR) is 107 cm³/mol. The van der Waals surface area contributed by atoms with Gasteiger partial charge in [0.2, 0.25) is 0 Å². The van der Waals surface area contributed by atoms with Gasteiger partial charge in [0.05, 0.1) is 4.92 Å². The number of hydrogen-bond donors (Lipinski definition) is 3. The number of guanidine groups is 1. The highest BCUT2D eigenvalue weighted by Crippen LogP contribution is 2.14. The minimum absolute atomic E-state index is 0. The van der Waals surface area contributed by atoms with Crippen molar-refractivity contribution in [1.82, 2.24) is 10.6 Å². The number of non-ortho nitro benzene ring substituents is 1. The highest BCUT2D eigenvalue weighted by Gasteiger charge is 2.03. The second-order valence-electron chi connectivity index (χ2n) is 4.71. The van der Waals surface area contributed by atoms with Gasteiger partial charge in [-0.25, -0.2) is 0 Å². The van der Waals surface area contributed by atoms with Crippen molar-refractivity contribution < 1.29 is 9.66 Å². The van der Waals surface area contributed by atoms with Crippen LogP contribution in [0.4, 0.5) is 11.4 Å². The summed E-state index contributed by atoms with van der Waals surface area (Å²) in [5.74, 6) is 0.743. The Morgan fingerprint density at radius 1 is 1.21 bits per heavy atom. The zero-order valence-corrected chi connectivity index (χ0v) is 16.4. The molecule has 9 heteroatoms. The number of aliphatic imine (C=N–C) groups is 1. The molecular weight excluding hydrogens is 425 g/mol. The molecule has 0 saturated carbocycles. The van der Waals surface area contributed by atoms with Gasteiger partial charge in [0.25, 0.3) is 5.69 Å². The lowest BCUT2D eigenvalue weighted by atomic mass is 10.3. The van der Waals surface area contributed by atoms with Crippen molar-refractivity contribution in [1.29, 1.82) is 0 Å². The van der Waals surface area contributed by atoms with Gasteiger partial charge in [-0.3, -0.25) is 15.1 Å². The standard InChI is InChI=1S/C15H25N5O3.HI/c1-3-23-12-4-9-18-15(16-2)19-11-10-17-13-5-7-14(8-6-13)20(21)22;/h5-8,17H,3-4,9-12H2,1-2H3,(H2,16,18,19);1H. The molecule has 136 valence electrons. The van der Waals surface area contributed by atoms with Crippen molar-refractivity contribution in [3.8, 4) is 0 Å². The van der Waals surface area contributed by atoms with Crippen LogP contribution in [0.3, 0.4) is 0 Å². The number of nitrogens with one attached hydrogen (secondary N) is 3. The van der Waals surface area contributed by atoms with Crippen molar-refractivity contribution in [3.05, 3.63) is 34.4 Å². The van der Waals surface area contributed by atoms with Gasteiger partial charge in [0, 0.05) is 57.7 Å². The van der Waals surface area contributed by atoms with Crippen molar-refractivity contribution in [2.45, 2.75) is 13.3 Å². The number of nitrogens with zero attached hydrogens (tertiary/aromatic N) is 2. The van der Waals surface area contributed by atoms with Crippen LogP contribution in [0, 0.1) is 10.1 Å². The smallest absolute Gasteiger partial charge is 0.269 e. The third-order valence-corrected chi connectivity index (χ3v) is 3.01. The van der Waals surface area contributed by atoms with Gasteiger partial charge in [0.1, 0.15) is 0 Å². The first-order valence-electron chi connectivity index (χ1n) is 7.68. The van der Waals surface area contributed by atoms with Crippen LogP contribution in [-0.2, 0) is 4.74 Å². The number of benzene rings is 1. The first-order chi connectivity index (χ1) is 11.2. The van der Waals surface area contributed by atoms with E-state index in [0.717, 1.165) is 37.8 Å². The summed E-state index contributed by atoms with van der Waals surface area (Å²) < 4.78 is 5.27. The van der Waals surface area contributed by atoms with Crippen molar-refractivity contribution >= 4 is 41.3 Å². The van der Waals surface area contributed by atoms with Crippen LogP contribution >= 0.6 is 24.0 Å². The average molecular weight is 451 g/mol. The van der Waals surface area contributed by atoms with E-state index >= 15 is 0 Å². The zero-order chi connectivity index (χ0) is 16.9. The summed E-state index contributed by atoms with van der Waals surface area (Å²) in [6.07, 6.45) is 0.926. The first-order valence-corrected chi connectivity index (χ1v) is 7.68. The molecule has 0 aliphatic carbocycles. The number of anilines is 1. The molecule has 0 atom stereocenters. The van der Waals surface area contributed by atoms with E-state index in [4.69, 9.17) is 4.74 Å². The number of nitro benzene ring substituents is 1. The Labute approximate surface area is 159 Å². The van der Waals surface area contributed by atoms with Crippen LogP contribution in [0.2, 0.25) is 0 Å². The van der Waals surface area contributed by atoms with Crippen LogP contribution < -0.4 is 16.0 Å². The van der Waals surface area contributed by atoms with Gasteiger partial charge in [-0.05, 0) is 25.5 Å². The molecule has 0 aliphatic heterocycles. The number of nitro groups is 1. The highest BCUT2D eigenvalue weighted by atomic mass is 127. The van der Waals surface area contributed by atoms with E-state index in [9.17, 15) is 10.1 Å². The van der Waals surface area contributed by atoms with E-state index in [1.807, 2.05) is 6.92 Å². The maximum Gasteiger partial charge on any atom is 0.269 e. The molecule has 0 aliphatic rings. The lowest BCUT2D eigenvalue weighted by Crippen LogP contribution is -2.40. The molecule has 0 amide bonds. The molecule has 1 aromatic rings. The third kappa shape index (κ3) is 9.50. The van der Waals surface area contributed by atoms with Gasteiger partial charge >= 0.3 is 0 Å².